The van der Waals surface area contributed by atoms with Crippen molar-refractivity contribution in [3.63, 3.8) is 0 Å². The van der Waals surface area contributed by atoms with Gasteiger partial charge in [0.15, 0.2) is 0 Å². The Morgan fingerprint density at radius 3 is 2.41 bits per heavy atom. The SMILES string of the molecule is CONC(=C1[C@H](O)C[C@H](OCc2ccc(-c3ccccc3)cc2)[C@@H]1CC=CCCCC(=O)O)C1CCCCC1. The number of hydroxylamine groups is 1. The van der Waals surface area contributed by atoms with E-state index in [1.165, 1.54) is 30.4 Å². The maximum absolute atomic E-state index is 11.3. The molecule has 39 heavy (non-hydrogen) atoms. The van der Waals surface area contributed by atoms with Crippen molar-refractivity contribution in [1.29, 1.82) is 0 Å². The van der Waals surface area contributed by atoms with Crippen LogP contribution in [0, 0.1) is 11.8 Å². The van der Waals surface area contributed by atoms with Crippen molar-refractivity contribution in [3.8, 4) is 11.1 Å². The number of benzene rings is 2. The van der Waals surface area contributed by atoms with Crippen LogP contribution in [0.25, 0.3) is 11.1 Å². The van der Waals surface area contributed by atoms with Gasteiger partial charge in [0.25, 0.3) is 0 Å². The van der Waals surface area contributed by atoms with Gasteiger partial charge in [0.05, 0.1) is 25.9 Å². The van der Waals surface area contributed by atoms with Gasteiger partial charge in [0.1, 0.15) is 0 Å². The van der Waals surface area contributed by atoms with Gasteiger partial charge in [-0.05, 0) is 54.4 Å². The number of carbonyl (C=O) groups is 1. The molecule has 0 amide bonds. The Kier molecular flexibility index (Phi) is 11.2. The molecular formula is C33H43NO5. The molecule has 2 saturated carbocycles. The molecule has 6 heteroatoms. The fourth-order valence-corrected chi connectivity index (χ4v) is 6.04. The molecule has 2 aromatic carbocycles. The zero-order valence-corrected chi connectivity index (χ0v) is 23.1. The molecule has 0 heterocycles. The van der Waals surface area contributed by atoms with Crippen molar-refractivity contribution < 1.29 is 24.6 Å². The lowest BCUT2D eigenvalue weighted by Crippen LogP contribution is -2.28. The van der Waals surface area contributed by atoms with Crippen LogP contribution in [0.2, 0.25) is 0 Å². The molecule has 4 rings (SSSR count). The van der Waals surface area contributed by atoms with E-state index >= 15 is 0 Å². The van der Waals surface area contributed by atoms with Crippen molar-refractivity contribution in [2.24, 2.45) is 11.8 Å². The van der Waals surface area contributed by atoms with E-state index in [-0.39, 0.29) is 18.4 Å². The van der Waals surface area contributed by atoms with E-state index in [2.05, 4.69) is 54.0 Å². The number of ether oxygens (including phenoxy) is 1. The number of rotatable bonds is 13. The molecule has 3 N–H and O–H groups in total. The Bertz CT molecular complexity index is 1090. The largest absolute Gasteiger partial charge is 0.481 e. The van der Waals surface area contributed by atoms with Crippen LogP contribution in [0.5, 0.6) is 0 Å². The summed E-state index contributed by atoms with van der Waals surface area (Å²) in [6.45, 7) is 0.481. The molecule has 0 aliphatic heterocycles. The summed E-state index contributed by atoms with van der Waals surface area (Å²) in [6.07, 6.45) is 12.1. The standard InChI is InChI=1S/C33H43NO5/c1-38-34-33(27-14-8-5-9-15-27)32-28(16-10-2-3-11-17-31(36)37)30(22-29(32)35)39-23-24-18-20-26(21-19-24)25-12-6-4-7-13-25/h2,4,6-7,10,12-13,18-21,27-30,34-35H,3,5,8-9,11,14-17,22-23H2,1H3,(H,36,37)/t28-,29+,30-/m0/s1. The number of allylic oxidation sites excluding steroid dienone is 3. The minimum absolute atomic E-state index is 0.0268. The third kappa shape index (κ3) is 8.28. The van der Waals surface area contributed by atoms with Crippen molar-refractivity contribution in [2.75, 3.05) is 7.11 Å². The first-order valence-electron chi connectivity index (χ1n) is 14.4. The molecule has 0 aromatic heterocycles. The predicted octanol–water partition coefficient (Wildman–Crippen LogP) is 6.81. The smallest absolute Gasteiger partial charge is 0.303 e. The van der Waals surface area contributed by atoms with Crippen LogP contribution in [0.4, 0.5) is 0 Å². The Labute approximate surface area is 232 Å². The number of aliphatic hydroxyl groups is 1. The predicted molar refractivity (Wildman–Crippen MR) is 154 cm³/mol. The van der Waals surface area contributed by atoms with Crippen molar-refractivity contribution in [2.45, 2.75) is 83.0 Å². The third-order valence-corrected chi connectivity index (χ3v) is 8.04. The molecular weight excluding hydrogens is 490 g/mol. The maximum atomic E-state index is 11.3. The minimum atomic E-state index is -0.763. The quantitative estimate of drug-likeness (QED) is 0.149. The lowest BCUT2D eigenvalue weighted by atomic mass is 9.82. The van der Waals surface area contributed by atoms with Crippen LogP contribution in [0.1, 0.15) is 69.8 Å². The van der Waals surface area contributed by atoms with Crippen LogP contribution < -0.4 is 5.48 Å². The van der Waals surface area contributed by atoms with Crippen LogP contribution in [-0.2, 0) is 21.0 Å². The van der Waals surface area contributed by atoms with Crippen LogP contribution in [-0.4, -0.2) is 35.5 Å². The van der Waals surface area contributed by atoms with Gasteiger partial charge in [0, 0.05) is 30.4 Å². The van der Waals surface area contributed by atoms with Gasteiger partial charge in [-0.1, -0.05) is 86.0 Å². The van der Waals surface area contributed by atoms with Gasteiger partial charge in [-0.25, -0.2) is 0 Å². The average Bonchev–Trinajstić information content (AvgIpc) is 3.27. The number of unbranched alkanes of at least 4 members (excludes halogenated alkanes) is 1. The van der Waals surface area contributed by atoms with Gasteiger partial charge in [-0.2, -0.15) is 0 Å². The second-order valence-corrected chi connectivity index (χ2v) is 10.8. The zero-order valence-electron chi connectivity index (χ0n) is 23.1. The molecule has 2 fully saturated rings. The summed E-state index contributed by atoms with van der Waals surface area (Å²) in [5, 5.41) is 20.2. The van der Waals surface area contributed by atoms with Gasteiger partial charge in [0.2, 0.25) is 0 Å². The van der Waals surface area contributed by atoms with Gasteiger partial charge in [-0.3, -0.25) is 15.1 Å². The molecule has 0 saturated heterocycles. The highest BCUT2D eigenvalue weighted by Gasteiger charge is 2.41. The molecule has 0 bridgehead atoms. The number of carboxylic acids is 1. The molecule has 0 spiro atoms. The Morgan fingerprint density at radius 1 is 1.00 bits per heavy atom. The second-order valence-electron chi connectivity index (χ2n) is 10.8. The molecule has 2 aromatic rings. The highest BCUT2D eigenvalue weighted by Crippen LogP contribution is 2.42. The first kappa shape index (κ1) is 29.1. The number of aliphatic hydroxyl groups excluding tert-OH is 1. The summed E-state index contributed by atoms with van der Waals surface area (Å²) >= 11 is 0. The zero-order chi connectivity index (χ0) is 27.5. The van der Waals surface area contributed by atoms with E-state index in [4.69, 9.17) is 14.7 Å². The summed E-state index contributed by atoms with van der Waals surface area (Å²) in [5.74, 6) is -0.380. The summed E-state index contributed by atoms with van der Waals surface area (Å²) in [5.41, 5.74) is 8.69. The highest BCUT2D eigenvalue weighted by molar-refractivity contribution is 5.66. The van der Waals surface area contributed by atoms with Gasteiger partial charge >= 0.3 is 5.97 Å². The van der Waals surface area contributed by atoms with Crippen LogP contribution in [0.3, 0.4) is 0 Å². The Morgan fingerprint density at radius 2 is 1.72 bits per heavy atom. The molecule has 0 unspecified atom stereocenters. The maximum Gasteiger partial charge on any atom is 0.303 e. The minimum Gasteiger partial charge on any atom is -0.481 e. The number of hydrogen-bond donors (Lipinski definition) is 3. The summed E-state index contributed by atoms with van der Waals surface area (Å²) in [6, 6.07) is 18.8. The van der Waals surface area contributed by atoms with E-state index in [0.29, 0.717) is 25.4 Å². The Balaban J connectivity index is 1.49. The molecule has 3 atom stereocenters. The first-order chi connectivity index (χ1) is 19.1. The molecule has 2 aliphatic carbocycles. The van der Waals surface area contributed by atoms with E-state index in [1.807, 2.05) is 18.2 Å². The van der Waals surface area contributed by atoms with Crippen molar-refractivity contribution in [1.82, 2.24) is 5.48 Å². The molecule has 6 nitrogen and oxygen atoms in total. The topological polar surface area (TPSA) is 88.0 Å². The number of hydrogen-bond acceptors (Lipinski definition) is 5. The first-order valence-corrected chi connectivity index (χ1v) is 14.4. The number of aliphatic carboxylic acids is 1. The van der Waals surface area contributed by atoms with Crippen molar-refractivity contribution in [3.05, 3.63) is 83.6 Å². The Hall–Kier alpha value is -2.93. The third-order valence-electron chi connectivity index (χ3n) is 8.04. The highest BCUT2D eigenvalue weighted by atomic mass is 16.6. The second kappa shape index (κ2) is 15.0. The normalized spacial score (nSPS) is 23.3. The molecule has 210 valence electrons. The number of nitrogens with one attached hydrogen (secondary N) is 1. The number of carboxylic acid groups (broad SMARTS) is 1. The summed E-state index contributed by atoms with van der Waals surface area (Å²) in [4.78, 5) is 16.3. The van der Waals surface area contributed by atoms with Crippen molar-refractivity contribution >= 4 is 5.97 Å². The summed E-state index contributed by atoms with van der Waals surface area (Å²) in [7, 11) is 1.63. The summed E-state index contributed by atoms with van der Waals surface area (Å²) < 4.78 is 6.50. The van der Waals surface area contributed by atoms with Crippen LogP contribution in [0.15, 0.2) is 78.0 Å². The average molecular weight is 534 g/mol. The molecule has 0 radical (unpaired) electrons. The fourth-order valence-electron chi connectivity index (χ4n) is 6.04. The lowest BCUT2D eigenvalue weighted by molar-refractivity contribution is -0.137. The van der Waals surface area contributed by atoms with Gasteiger partial charge < -0.3 is 14.9 Å². The van der Waals surface area contributed by atoms with Gasteiger partial charge in [-0.15, -0.1) is 0 Å². The van der Waals surface area contributed by atoms with E-state index in [9.17, 15) is 9.90 Å². The fraction of sp³-hybridized carbons (Fsp3) is 0.485. The van der Waals surface area contributed by atoms with Crippen LogP contribution >= 0.6 is 0 Å². The molecule has 2 aliphatic rings. The van der Waals surface area contributed by atoms with E-state index in [1.54, 1.807) is 7.11 Å². The monoisotopic (exact) mass is 533 g/mol. The van der Waals surface area contributed by atoms with E-state index in [0.717, 1.165) is 42.5 Å². The lowest BCUT2D eigenvalue weighted by Gasteiger charge is -2.29. The van der Waals surface area contributed by atoms with E-state index < -0.39 is 12.1 Å².